The van der Waals surface area contributed by atoms with Crippen molar-refractivity contribution in [2.75, 3.05) is 19.8 Å². The third-order valence-corrected chi connectivity index (χ3v) is 7.25. The largest absolute Gasteiger partial charge is 0.493 e. The molecule has 0 bridgehead atoms. The predicted octanol–water partition coefficient (Wildman–Crippen LogP) is 7.12. The topological polar surface area (TPSA) is 47.6 Å². The molecule has 0 saturated heterocycles. The van der Waals surface area contributed by atoms with Crippen LogP contribution in [-0.4, -0.2) is 25.7 Å². The quantitative estimate of drug-likeness (QED) is 0.226. The van der Waals surface area contributed by atoms with Crippen LogP contribution in [0.4, 0.5) is 0 Å². The molecule has 1 amide bonds. The van der Waals surface area contributed by atoms with Gasteiger partial charge in [-0.3, -0.25) is 4.79 Å². The molecule has 4 heteroatoms. The van der Waals surface area contributed by atoms with Crippen molar-refractivity contribution in [3.05, 3.63) is 96.1 Å². The summed E-state index contributed by atoms with van der Waals surface area (Å²) < 4.78 is 12.0. The fourth-order valence-corrected chi connectivity index (χ4v) is 4.83. The van der Waals surface area contributed by atoms with Crippen molar-refractivity contribution in [2.24, 2.45) is 5.92 Å². The van der Waals surface area contributed by atoms with E-state index in [-0.39, 0.29) is 11.8 Å². The Labute approximate surface area is 219 Å². The van der Waals surface area contributed by atoms with Gasteiger partial charge in [-0.25, -0.2) is 0 Å². The van der Waals surface area contributed by atoms with Gasteiger partial charge in [0.05, 0.1) is 13.2 Å². The molecule has 4 nitrogen and oxygen atoms in total. The number of carbonyl (C=O) groups excluding carboxylic acids is 1. The molecule has 1 fully saturated rings. The highest BCUT2D eigenvalue weighted by Crippen LogP contribution is 2.28. The van der Waals surface area contributed by atoms with Crippen LogP contribution in [0.25, 0.3) is 21.9 Å². The molecule has 190 valence electrons. The van der Waals surface area contributed by atoms with Gasteiger partial charge in [0.1, 0.15) is 11.5 Å². The van der Waals surface area contributed by atoms with Crippen molar-refractivity contribution in [3.8, 4) is 22.6 Å². The van der Waals surface area contributed by atoms with E-state index >= 15 is 0 Å². The number of benzene rings is 4. The van der Waals surface area contributed by atoms with E-state index in [4.69, 9.17) is 9.47 Å². The third-order valence-electron chi connectivity index (χ3n) is 7.25. The maximum absolute atomic E-state index is 12.1. The van der Waals surface area contributed by atoms with Crippen molar-refractivity contribution < 1.29 is 14.3 Å². The second kappa shape index (κ2) is 12.0. The first kappa shape index (κ1) is 24.9. The first-order valence-corrected chi connectivity index (χ1v) is 13.4. The van der Waals surface area contributed by atoms with Crippen LogP contribution in [0.3, 0.4) is 0 Å². The van der Waals surface area contributed by atoms with E-state index in [1.807, 2.05) is 18.2 Å². The van der Waals surface area contributed by atoms with Crippen molar-refractivity contribution >= 4 is 16.7 Å². The van der Waals surface area contributed by atoms with Crippen LogP contribution in [0.15, 0.2) is 84.9 Å². The van der Waals surface area contributed by atoms with Gasteiger partial charge in [-0.2, -0.15) is 0 Å². The number of carbonyl (C=O) groups is 1. The number of amides is 1. The van der Waals surface area contributed by atoms with Gasteiger partial charge in [0, 0.05) is 18.9 Å². The van der Waals surface area contributed by atoms with Gasteiger partial charge in [-0.15, -0.1) is 0 Å². The number of ether oxygens (including phenoxy) is 2. The average Bonchev–Trinajstić information content (AvgIpc) is 2.88. The van der Waals surface area contributed by atoms with E-state index < -0.39 is 0 Å². The predicted molar refractivity (Wildman–Crippen MR) is 150 cm³/mol. The number of hydrogen-bond acceptors (Lipinski definition) is 3. The summed E-state index contributed by atoms with van der Waals surface area (Å²) in [5, 5.41) is 5.47. The van der Waals surface area contributed by atoms with E-state index in [1.165, 1.54) is 39.4 Å². The fourth-order valence-electron chi connectivity index (χ4n) is 4.83. The zero-order chi connectivity index (χ0) is 25.5. The lowest BCUT2D eigenvalue weighted by molar-refractivity contribution is -0.127. The molecule has 1 aliphatic carbocycles. The van der Waals surface area contributed by atoms with E-state index in [0.717, 1.165) is 37.2 Å². The molecule has 0 atom stereocenters. The van der Waals surface area contributed by atoms with Crippen molar-refractivity contribution in [1.82, 2.24) is 5.32 Å². The second-order valence-electron chi connectivity index (χ2n) is 9.86. The molecule has 37 heavy (non-hydrogen) atoms. The summed E-state index contributed by atoms with van der Waals surface area (Å²) in [6.45, 7) is 3.99. The minimum Gasteiger partial charge on any atom is -0.493 e. The molecule has 0 radical (unpaired) electrons. The monoisotopic (exact) mass is 493 g/mol. The van der Waals surface area contributed by atoms with Gasteiger partial charge < -0.3 is 14.8 Å². The number of fused-ring (bicyclic) bond motifs is 1. The summed E-state index contributed by atoms with van der Waals surface area (Å²) in [4.78, 5) is 12.1. The van der Waals surface area contributed by atoms with Crippen molar-refractivity contribution in [3.63, 3.8) is 0 Å². The first-order chi connectivity index (χ1) is 18.2. The zero-order valence-corrected chi connectivity index (χ0v) is 21.5. The average molecular weight is 494 g/mol. The standard InChI is InChI=1S/C33H35NO3/c1-24-7-2-3-12-31(24)27-13-16-29(17-14-27)36-21-6-22-37-30-18-15-25-8-4-9-26(32(25)23-30)19-20-34-33(35)28-10-5-11-28/h2-4,7-9,12-18,23,28H,5-6,10-11,19-22H2,1H3,(H,34,35). The molecule has 0 heterocycles. The number of hydrogen-bond donors (Lipinski definition) is 1. The molecule has 1 N–H and O–H groups in total. The molecule has 0 aliphatic heterocycles. The fraction of sp³-hybridized carbons (Fsp3) is 0.303. The molecular weight excluding hydrogens is 458 g/mol. The summed E-state index contributed by atoms with van der Waals surface area (Å²) in [5.41, 5.74) is 4.95. The van der Waals surface area contributed by atoms with E-state index in [1.54, 1.807) is 0 Å². The molecular formula is C33H35NO3. The molecule has 5 rings (SSSR count). The summed E-state index contributed by atoms with van der Waals surface area (Å²) in [6.07, 6.45) is 4.86. The number of aryl methyl sites for hydroxylation is 1. The van der Waals surface area contributed by atoms with Crippen LogP contribution < -0.4 is 14.8 Å². The minimum absolute atomic E-state index is 0.208. The Morgan fingerprint density at radius 1 is 0.865 bits per heavy atom. The molecule has 0 spiro atoms. The SMILES string of the molecule is Cc1ccccc1-c1ccc(OCCCOc2ccc3cccc(CCNC(=O)C4CCC4)c3c2)cc1. The van der Waals surface area contributed by atoms with Crippen LogP contribution in [0.5, 0.6) is 11.5 Å². The minimum atomic E-state index is 0.208. The Bertz CT molecular complexity index is 1340. The Morgan fingerprint density at radius 2 is 1.62 bits per heavy atom. The maximum Gasteiger partial charge on any atom is 0.223 e. The van der Waals surface area contributed by atoms with Crippen LogP contribution in [0, 0.1) is 12.8 Å². The van der Waals surface area contributed by atoms with Crippen LogP contribution in [-0.2, 0) is 11.2 Å². The Kier molecular flexibility index (Phi) is 8.05. The van der Waals surface area contributed by atoms with E-state index in [0.29, 0.717) is 19.8 Å². The van der Waals surface area contributed by atoms with Gasteiger partial charge in [0.15, 0.2) is 0 Å². The van der Waals surface area contributed by atoms with E-state index in [9.17, 15) is 4.79 Å². The zero-order valence-electron chi connectivity index (χ0n) is 21.5. The van der Waals surface area contributed by atoms with Crippen molar-refractivity contribution in [2.45, 2.75) is 39.0 Å². The lowest BCUT2D eigenvalue weighted by atomic mass is 9.85. The molecule has 0 unspecified atom stereocenters. The summed E-state index contributed by atoms with van der Waals surface area (Å²) in [6, 6.07) is 29.3. The highest BCUT2D eigenvalue weighted by molar-refractivity contribution is 5.87. The lowest BCUT2D eigenvalue weighted by Crippen LogP contribution is -2.35. The highest BCUT2D eigenvalue weighted by Gasteiger charge is 2.24. The summed E-state index contributed by atoms with van der Waals surface area (Å²) >= 11 is 0. The molecule has 4 aromatic rings. The van der Waals surface area contributed by atoms with E-state index in [2.05, 4.69) is 79.0 Å². The smallest absolute Gasteiger partial charge is 0.223 e. The maximum atomic E-state index is 12.1. The lowest BCUT2D eigenvalue weighted by Gasteiger charge is -2.24. The second-order valence-corrected chi connectivity index (χ2v) is 9.86. The van der Waals surface area contributed by atoms with Gasteiger partial charge in [-0.1, -0.05) is 67.1 Å². The van der Waals surface area contributed by atoms with Gasteiger partial charge >= 0.3 is 0 Å². The van der Waals surface area contributed by atoms with Gasteiger partial charge in [0.2, 0.25) is 5.91 Å². The van der Waals surface area contributed by atoms with Gasteiger partial charge in [-0.05, 0) is 83.5 Å². The van der Waals surface area contributed by atoms with Gasteiger partial charge in [0.25, 0.3) is 0 Å². The summed E-state index contributed by atoms with van der Waals surface area (Å²) in [7, 11) is 0. The normalized spacial score (nSPS) is 13.2. The Hall–Kier alpha value is -3.79. The molecule has 0 aromatic heterocycles. The number of nitrogens with one attached hydrogen (secondary N) is 1. The van der Waals surface area contributed by atoms with Crippen LogP contribution in [0.2, 0.25) is 0 Å². The van der Waals surface area contributed by atoms with Crippen LogP contribution >= 0.6 is 0 Å². The third kappa shape index (κ3) is 6.32. The first-order valence-electron chi connectivity index (χ1n) is 13.4. The Morgan fingerprint density at radius 3 is 2.38 bits per heavy atom. The van der Waals surface area contributed by atoms with Crippen molar-refractivity contribution in [1.29, 1.82) is 0 Å². The molecule has 4 aromatic carbocycles. The van der Waals surface area contributed by atoms with Crippen LogP contribution in [0.1, 0.15) is 36.8 Å². The highest BCUT2D eigenvalue weighted by atomic mass is 16.5. The molecule has 1 saturated carbocycles. The summed E-state index contributed by atoms with van der Waals surface area (Å²) in [5.74, 6) is 2.17. The molecule has 1 aliphatic rings. The Balaban J connectivity index is 1.09. The number of rotatable bonds is 11.